The van der Waals surface area contributed by atoms with E-state index in [1.54, 1.807) is 6.07 Å². The van der Waals surface area contributed by atoms with Crippen molar-refractivity contribution in [3.8, 4) is 0 Å². The van der Waals surface area contributed by atoms with Crippen molar-refractivity contribution in [1.82, 2.24) is 0 Å². The van der Waals surface area contributed by atoms with E-state index in [1.807, 2.05) is 25.1 Å². The maximum Gasteiger partial charge on any atom is 0.228 e. The summed E-state index contributed by atoms with van der Waals surface area (Å²) in [7, 11) is 0. The Bertz CT molecular complexity index is 640. The van der Waals surface area contributed by atoms with E-state index in [2.05, 4.69) is 27.9 Å². The maximum absolute atomic E-state index is 13.6. The van der Waals surface area contributed by atoms with E-state index < -0.39 is 5.82 Å². The summed E-state index contributed by atoms with van der Waals surface area (Å²) in [6.07, 6.45) is -0.0873. The summed E-state index contributed by atoms with van der Waals surface area (Å²) in [4.78, 5) is 11.9. The zero-order chi connectivity index (χ0) is 14.7. The molecule has 0 heterocycles. The summed E-state index contributed by atoms with van der Waals surface area (Å²) in [6.45, 7) is 1.99. The van der Waals surface area contributed by atoms with Gasteiger partial charge in [-0.3, -0.25) is 4.79 Å². The van der Waals surface area contributed by atoms with Crippen molar-refractivity contribution >= 4 is 45.8 Å². The molecule has 0 aliphatic rings. The van der Waals surface area contributed by atoms with Crippen molar-refractivity contribution in [1.29, 1.82) is 0 Å². The third-order valence-corrected chi connectivity index (χ3v) is 4.37. The molecule has 2 aromatic carbocycles. The molecule has 0 spiro atoms. The lowest BCUT2D eigenvalue weighted by Crippen LogP contribution is -2.15. The highest BCUT2D eigenvalue weighted by Crippen LogP contribution is 2.21. The van der Waals surface area contributed by atoms with E-state index in [1.165, 1.54) is 12.1 Å². The molecule has 2 rings (SSSR count). The van der Waals surface area contributed by atoms with E-state index in [9.17, 15) is 9.18 Å². The Hall–Kier alpha value is -1.14. The number of hydrogen-bond acceptors (Lipinski definition) is 1. The second-order valence-electron chi connectivity index (χ2n) is 4.39. The topological polar surface area (TPSA) is 29.1 Å². The van der Waals surface area contributed by atoms with Crippen molar-refractivity contribution < 1.29 is 9.18 Å². The van der Waals surface area contributed by atoms with Crippen LogP contribution in [0.5, 0.6) is 0 Å². The number of aryl methyl sites for hydroxylation is 1. The number of hydrogen-bond donors (Lipinski definition) is 1. The fraction of sp³-hybridized carbons (Fsp3) is 0.133. The molecule has 0 saturated carbocycles. The van der Waals surface area contributed by atoms with Gasteiger partial charge >= 0.3 is 0 Å². The average molecular weight is 404 g/mol. The number of carbonyl (C=O) groups excluding carboxylic acids is 1. The molecular weight excluding hydrogens is 392 g/mol. The molecule has 104 valence electrons. The summed E-state index contributed by atoms with van der Waals surface area (Å²) >= 11 is 8.10. The molecule has 0 radical (unpaired) electrons. The van der Waals surface area contributed by atoms with Crippen LogP contribution in [-0.2, 0) is 11.2 Å². The van der Waals surface area contributed by atoms with Gasteiger partial charge in [0, 0.05) is 19.8 Å². The lowest BCUT2D eigenvalue weighted by Gasteiger charge is -2.08. The number of halogens is 3. The van der Waals surface area contributed by atoms with Crippen LogP contribution in [0.1, 0.15) is 11.1 Å². The van der Waals surface area contributed by atoms with E-state index in [0.29, 0.717) is 5.69 Å². The van der Waals surface area contributed by atoms with Crippen LogP contribution in [0.4, 0.5) is 10.1 Å². The zero-order valence-electron chi connectivity index (χ0n) is 10.7. The van der Waals surface area contributed by atoms with E-state index in [4.69, 9.17) is 11.6 Å². The number of carbonyl (C=O) groups is 1. The second kappa shape index (κ2) is 6.54. The molecule has 0 fully saturated rings. The Morgan fingerprint density at radius 3 is 2.75 bits per heavy atom. The summed E-state index contributed by atoms with van der Waals surface area (Å²) in [6, 6.07) is 10.00. The molecule has 0 unspecified atom stereocenters. The first kappa shape index (κ1) is 15.3. The predicted molar refractivity (Wildman–Crippen MR) is 87.6 cm³/mol. The molecule has 2 aromatic rings. The van der Waals surface area contributed by atoms with Crippen LogP contribution in [-0.4, -0.2) is 5.91 Å². The minimum atomic E-state index is -0.467. The number of anilines is 1. The average Bonchev–Trinajstić information content (AvgIpc) is 2.38. The molecule has 0 saturated heterocycles. The summed E-state index contributed by atoms with van der Waals surface area (Å²) in [5.74, 6) is -0.761. The Kier molecular flexibility index (Phi) is 4.99. The molecule has 0 atom stereocenters. The highest BCUT2D eigenvalue weighted by atomic mass is 127. The molecule has 5 heteroatoms. The van der Waals surface area contributed by atoms with Crippen molar-refractivity contribution in [2.24, 2.45) is 0 Å². The number of nitrogens with one attached hydrogen (secondary N) is 1. The molecule has 1 N–H and O–H groups in total. The fourth-order valence-corrected chi connectivity index (χ4v) is 2.48. The minimum Gasteiger partial charge on any atom is -0.326 e. The number of amides is 1. The molecule has 0 bridgehead atoms. The lowest BCUT2D eigenvalue weighted by atomic mass is 10.1. The van der Waals surface area contributed by atoms with Gasteiger partial charge in [-0.05, 0) is 59.3 Å². The predicted octanol–water partition coefficient (Wildman–Crippen LogP) is 4.57. The standard InChI is InChI=1S/C15H12ClFINO/c1-9-5-6-10(7-14(9)18)19-15(20)8-11-12(16)3-2-4-13(11)17/h2-7H,8H2,1H3,(H,19,20). The van der Waals surface area contributed by atoms with Gasteiger partial charge in [-0.1, -0.05) is 23.7 Å². The van der Waals surface area contributed by atoms with Crippen LogP contribution in [0.2, 0.25) is 5.02 Å². The van der Waals surface area contributed by atoms with Gasteiger partial charge in [0.15, 0.2) is 0 Å². The molecule has 2 nitrogen and oxygen atoms in total. The molecule has 0 aromatic heterocycles. The Morgan fingerprint density at radius 2 is 2.10 bits per heavy atom. The van der Waals surface area contributed by atoms with Crippen LogP contribution in [0.15, 0.2) is 36.4 Å². The molecule has 20 heavy (non-hydrogen) atoms. The van der Waals surface area contributed by atoms with Gasteiger partial charge in [0.2, 0.25) is 5.91 Å². The van der Waals surface area contributed by atoms with Crippen LogP contribution >= 0.6 is 34.2 Å². The fourth-order valence-electron chi connectivity index (χ4n) is 1.74. The van der Waals surface area contributed by atoms with Gasteiger partial charge in [-0.25, -0.2) is 4.39 Å². The molecule has 0 aliphatic heterocycles. The van der Waals surface area contributed by atoms with Crippen molar-refractivity contribution in [2.75, 3.05) is 5.32 Å². The van der Waals surface area contributed by atoms with Gasteiger partial charge < -0.3 is 5.32 Å². The Morgan fingerprint density at radius 1 is 1.35 bits per heavy atom. The Balaban J connectivity index is 2.11. The quantitative estimate of drug-likeness (QED) is 0.747. The number of rotatable bonds is 3. The van der Waals surface area contributed by atoms with Crippen LogP contribution < -0.4 is 5.32 Å². The van der Waals surface area contributed by atoms with E-state index in [-0.39, 0.29) is 22.9 Å². The SMILES string of the molecule is Cc1ccc(NC(=O)Cc2c(F)cccc2Cl)cc1I. The summed E-state index contributed by atoms with van der Waals surface area (Å²) in [5, 5.41) is 3.01. The van der Waals surface area contributed by atoms with Crippen LogP contribution in [0.3, 0.4) is 0 Å². The van der Waals surface area contributed by atoms with Gasteiger partial charge in [0.1, 0.15) is 5.82 Å². The zero-order valence-corrected chi connectivity index (χ0v) is 13.6. The highest BCUT2D eigenvalue weighted by molar-refractivity contribution is 14.1. The van der Waals surface area contributed by atoms with Gasteiger partial charge in [0.25, 0.3) is 0 Å². The maximum atomic E-state index is 13.6. The van der Waals surface area contributed by atoms with Crippen LogP contribution in [0.25, 0.3) is 0 Å². The van der Waals surface area contributed by atoms with Crippen molar-refractivity contribution in [3.63, 3.8) is 0 Å². The van der Waals surface area contributed by atoms with Crippen molar-refractivity contribution in [3.05, 3.63) is 61.9 Å². The largest absolute Gasteiger partial charge is 0.326 e. The summed E-state index contributed by atoms with van der Waals surface area (Å²) < 4.78 is 14.7. The third-order valence-electron chi connectivity index (χ3n) is 2.85. The smallest absolute Gasteiger partial charge is 0.228 e. The van der Waals surface area contributed by atoms with Crippen molar-refractivity contribution in [2.45, 2.75) is 13.3 Å². The van der Waals surface area contributed by atoms with Crippen LogP contribution in [0, 0.1) is 16.3 Å². The molecular formula is C15H12ClFINO. The van der Waals surface area contributed by atoms with Gasteiger partial charge in [-0.2, -0.15) is 0 Å². The monoisotopic (exact) mass is 403 g/mol. The first-order chi connectivity index (χ1) is 9.47. The molecule has 0 aliphatic carbocycles. The van der Waals surface area contributed by atoms with Gasteiger partial charge in [-0.15, -0.1) is 0 Å². The van der Waals surface area contributed by atoms with E-state index >= 15 is 0 Å². The third kappa shape index (κ3) is 3.70. The highest BCUT2D eigenvalue weighted by Gasteiger charge is 2.12. The second-order valence-corrected chi connectivity index (χ2v) is 5.96. The first-order valence-corrected chi connectivity index (χ1v) is 7.42. The normalized spacial score (nSPS) is 10.4. The summed E-state index contributed by atoms with van der Waals surface area (Å²) in [5.41, 5.74) is 2.05. The minimum absolute atomic E-state index is 0.0873. The number of benzene rings is 2. The van der Waals surface area contributed by atoms with E-state index in [0.717, 1.165) is 9.13 Å². The Labute approximate surface area is 135 Å². The van der Waals surface area contributed by atoms with Gasteiger partial charge in [0.05, 0.1) is 6.42 Å². The molecule has 1 amide bonds. The lowest BCUT2D eigenvalue weighted by molar-refractivity contribution is -0.115. The first-order valence-electron chi connectivity index (χ1n) is 5.96.